The summed E-state index contributed by atoms with van der Waals surface area (Å²) in [5.74, 6) is 0.766. The molecule has 0 amide bonds. The molecule has 0 saturated heterocycles. The van der Waals surface area contributed by atoms with Crippen molar-refractivity contribution in [3.63, 3.8) is 0 Å². The third-order valence-electron chi connectivity index (χ3n) is 4.85. The van der Waals surface area contributed by atoms with E-state index in [2.05, 4.69) is 71.3 Å². The number of nitrogens with zero attached hydrogens (tertiary/aromatic N) is 2. The molecule has 156 valence electrons. The number of nitrogens with one attached hydrogen (secondary N) is 2. The minimum absolute atomic E-state index is 0.0105. The first-order valence-electron chi connectivity index (χ1n) is 9.90. The van der Waals surface area contributed by atoms with Crippen molar-refractivity contribution in [3.8, 4) is 0 Å². The highest BCUT2D eigenvalue weighted by Crippen LogP contribution is 2.21. The standard InChI is InChI=1S/C24H28N4OS/c1-18-7-12-21(22(14-18)30-3)16-27-24(25-2)26-15-19-8-10-20(11-9-19)17-28-13-5-4-6-23(28)29/h4-14H,15-17H2,1-3H3,(H2,25,26,27). The first-order valence-corrected chi connectivity index (χ1v) is 11.1. The van der Waals surface area contributed by atoms with Crippen LogP contribution in [0.4, 0.5) is 0 Å². The molecule has 2 N–H and O–H groups in total. The number of hydrogen-bond donors (Lipinski definition) is 2. The Balaban J connectivity index is 1.54. The van der Waals surface area contributed by atoms with Gasteiger partial charge in [-0.3, -0.25) is 9.79 Å². The lowest BCUT2D eigenvalue weighted by molar-refractivity contribution is 0.758. The minimum atomic E-state index is 0.0105. The van der Waals surface area contributed by atoms with Gasteiger partial charge in [-0.25, -0.2) is 0 Å². The van der Waals surface area contributed by atoms with Gasteiger partial charge in [0.2, 0.25) is 0 Å². The minimum Gasteiger partial charge on any atom is -0.352 e. The summed E-state index contributed by atoms with van der Waals surface area (Å²) in [6, 6.07) is 20.0. The van der Waals surface area contributed by atoms with Crippen molar-refractivity contribution in [1.29, 1.82) is 0 Å². The Morgan fingerprint density at radius 1 is 1.00 bits per heavy atom. The lowest BCUT2D eigenvalue weighted by Gasteiger charge is -2.14. The van der Waals surface area contributed by atoms with Crippen LogP contribution in [-0.2, 0) is 19.6 Å². The SMILES string of the molecule is CN=C(NCc1ccc(Cn2ccccc2=O)cc1)NCc1ccc(C)cc1SC. The first kappa shape index (κ1) is 21.7. The maximum Gasteiger partial charge on any atom is 0.250 e. The highest BCUT2D eigenvalue weighted by Gasteiger charge is 2.04. The molecule has 0 saturated carbocycles. The Labute approximate surface area is 182 Å². The van der Waals surface area contributed by atoms with E-state index in [0.29, 0.717) is 13.1 Å². The van der Waals surface area contributed by atoms with Crippen LogP contribution in [-0.4, -0.2) is 23.8 Å². The average molecular weight is 421 g/mol. The molecule has 0 atom stereocenters. The topological polar surface area (TPSA) is 58.4 Å². The van der Waals surface area contributed by atoms with Gasteiger partial charge in [-0.2, -0.15) is 0 Å². The molecule has 0 fully saturated rings. The number of guanidine groups is 1. The predicted molar refractivity (Wildman–Crippen MR) is 126 cm³/mol. The third-order valence-corrected chi connectivity index (χ3v) is 5.67. The van der Waals surface area contributed by atoms with Gasteiger partial charge in [0.15, 0.2) is 5.96 Å². The maximum absolute atomic E-state index is 11.9. The van der Waals surface area contributed by atoms with Crippen LogP contribution in [0.2, 0.25) is 0 Å². The second-order valence-corrected chi connectivity index (χ2v) is 7.93. The maximum atomic E-state index is 11.9. The normalized spacial score (nSPS) is 11.4. The van der Waals surface area contributed by atoms with Gasteiger partial charge in [0.25, 0.3) is 5.56 Å². The summed E-state index contributed by atoms with van der Waals surface area (Å²) in [4.78, 5) is 17.5. The second-order valence-electron chi connectivity index (χ2n) is 7.08. The number of aromatic nitrogens is 1. The zero-order chi connectivity index (χ0) is 21.3. The van der Waals surface area contributed by atoms with Crippen LogP contribution in [0.5, 0.6) is 0 Å². The summed E-state index contributed by atoms with van der Waals surface area (Å²) in [5.41, 5.74) is 4.79. The summed E-state index contributed by atoms with van der Waals surface area (Å²) in [6.07, 6.45) is 3.91. The molecular formula is C24H28N4OS. The van der Waals surface area contributed by atoms with E-state index < -0.39 is 0 Å². The van der Waals surface area contributed by atoms with Crippen molar-refractivity contribution in [1.82, 2.24) is 15.2 Å². The van der Waals surface area contributed by atoms with Crippen molar-refractivity contribution in [3.05, 3.63) is 99.5 Å². The number of aliphatic imine (C=N–C) groups is 1. The second kappa shape index (κ2) is 10.7. The largest absolute Gasteiger partial charge is 0.352 e. The van der Waals surface area contributed by atoms with E-state index in [4.69, 9.17) is 0 Å². The highest BCUT2D eigenvalue weighted by atomic mass is 32.2. The molecule has 3 aromatic rings. The molecule has 3 rings (SSSR count). The number of pyridine rings is 1. The van der Waals surface area contributed by atoms with Crippen LogP contribution in [0, 0.1) is 6.92 Å². The van der Waals surface area contributed by atoms with Gasteiger partial charge in [-0.05, 0) is 47.6 Å². The molecule has 2 aromatic carbocycles. The number of thioether (sulfide) groups is 1. The van der Waals surface area contributed by atoms with E-state index in [0.717, 1.165) is 23.6 Å². The van der Waals surface area contributed by atoms with Crippen LogP contribution in [0.3, 0.4) is 0 Å². The van der Waals surface area contributed by atoms with E-state index in [1.165, 1.54) is 16.0 Å². The molecule has 0 aliphatic heterocycles. The molecule has 30 heavy (non-hydrogen) atoms. The van der Waals surface area contributed by atoms with Crippen molar-refractivity contribution in [2.45, 2.75) is 31.5 Å². The molecule has 0 bridgehead atoms. The smallest absolute Gasteiger partial charge is 0.250 e. The van der Waals surface area contributed by atoms with Gasteiger partial charge < -0.3 is 15.2 Å². The third kappa shape index (κ3) is 6.00. The highest BCUT2D eigenvalue weighted by molar-refractivity contribution is 7.98. The van der Waals surface area contributed by atoms with Crippen LogP contribution < -0.4 is 16.2 Å². The fourth-order valence-corrected chi connectivity index (χ4v) is 3.84. The van der Waals surface area contributed by atoms with Crippen molar-refractivity contribution < 1.29 is 0 Å². The number of hydrogen-bond acceptors (Lipinski definition) is 3. The molecule has 0 radical (unpaired) electrons. The monoisotopic (exact) mass is 420 g/mol. The summed E-state index contributed by atoms with van der Waals surface area (Å²) in [5, 5.41) is 6.75. The van der Waals surface area contributed by atoms with Crippen molar-refractivity contribution in [2.24, 2.45) is 4.99 Å². The molecule has 0 aliphatic carbocycles. The number of rotatable bonds is 7. The first-order chi connectivity index (χ1) is 14.6. The fraction of sp³-hybridized carbons (Fsp3) is 0.250. The van der Waals surface area contributed by atoms with Gasteiger partial charge in [-0.1, -0.05) is 42.5 Å². The van der Waals surface area contributed by atoms with E-state index in [1.807, 2.05) is 12.3 Å². The summed E-state index contributed by atoms with van der Waals surface area (Å²) in [7, 11) is 1.78. The lowest BCUT2D eigenvalue weighted by atomic mass is 10.1. The quantitative estimate of drug-likeness (QED) is 0.347. The Morgan fingerprint density at radius 2 is 1.73 bits per heavy atom. The van der Waals surface area contributed by atoms with Gasteiger partial charge in [0.1, 0.15) is 0 Å². The van der Waals surface area contributed by atoms with Gasteiger partial charge in [-0.15, -0.1) is 11.8 Å². The van der Waals surface area contributed by atoms with E-state index in [-0.39, 0.29) is 5.56 Å². The van der Waals surface area contributed by atoms with Crippen molar-refractivity contribution in [2.75, 3.05) is 13.3 Å². The Morgan fingerprint density at radius 3 is 2.43 bits per heavy atom. The summed E-state index contributed by atoms with van der Waals surface area (Å²) >= 11 is 1.76. The fourth-order valence-electron chi connectivity index (χ4n) is 3.13. The van der Waals surface area contributed by atoms with Crippen LogP contribution in [0.15, 0.2) is 81.5 Å². The molecule has 0 spiro atoms. The molecule has 6 heteroatoms. The molecule has 5 nitrogen and oxygen atoms in total. The Kier molecular flexibility index (Phi) is 7.74. The van der Waals surface area contributed by atoms with E-state index >= 15 is 0 Å². The van der Waals surface area contributed by atoms with Gasteiger partial charge in [0.05, 0.1) is 6.54 Å². The van der Waals surface area contributed by atoms with E-state index in [1.54, 1.807) is 35.5 Å². The zero-order valence-corrected chi connectivity index (χ0v) is 18.5. The summed E-state index contributed by atoms with van der Waals surface area (Å²) < 4.78 is 1.70. The molecule has 0 unspecified atom stereocenters. The Bertz CT molecular complexity index is 1060. The molecular weight excluding hydrogens is 392 g/mol. The molecule has 1 heterocycles. The molecule has 1 aromatic heterocycles. The summed E-state index contributed by atoms with van der Waals surface area (Å²) in [6.45, 7) is 4.08. The Hall–Kier alpha value is -2.99. The van der Waals surface area contributed by atoms with E-state index in [9.17, 15) is 4.79 Å². The average Bonchev–Trinajstić information content (AvgIpc) is 2.77. The number of benzene rings is 2. The number of aryl methyl sites for hydroxylation is 1. The van der Waals surface area contributed by atoms with Crippen LogP contribution in [0.1, 0.15) is 22.3 Å². The lowest BCUT2D eigenvalue weighted by Crippen LogP contribution is -2.36. The van der Waals surface area contributed by atoms with Crippen LogP contribution >= 0.6 is 11.8 Å². The zero-order valence-electron chi connectivity index (χ0n) is 17.7. The van der Waals surface area contributed by atoms with Crippen LogP contribution in [0.25, 0.3) is 0 Å². The van der Waals surface area contributed by atoms with Crippen molar-refractivity contribution >= 4 is 17.7 Å². The van der Waals surface area contributed by atoms with Gasteiger partial charge in [0, 0.05) is 37.3 Å². The predicted octanol–water partition coefficient (Wildman–Crippen LogP) is 3.79. The van der Waals surface area contributed by atoms with Gasteiger partial charge >= 0.3 is 0 Å². The molecule has 0 aliphatic rings.